The van der Waals surface area contributed by atoms with E-state index in [9.17, 15) is 4.79 Å². The molecule has 0 atom stereocenters. The monoisotopic (exact) mass is 323 g/mol. The van der Waals surface area contributed by atoms with Crippen LogP contribution in [-0.4, -0.2) is 28.0 Å². The molecule has 5 nitrogen and oxygen atoms in total. The van der Waals surface area contributed by atoms with Crippen molar-refractivity contribution >= 4 is 16.8 Å². The standard InChI is InChI=1S/C19H21N3O2/c1-11-8-15-12(2)6-7-20-18(15)16(9-11)19(23)22(5)10-17-13(3)21-24-14(17)4/h6-9H,10H2,1-5H3. The number of aromatic nitrogens is 2. The lowest BCUT2D eigenvalue weighted by Crippen LogP contribution is -2.27. The molecular formula is C19H21N3O2. The molecule has 0 saturated heterocycles. The SMILES string of the molecule is Cc1cc(C(=O)N(C)Cc2c(C)noc2C)c2nccc(C)c2c1. The second-order valence-electron chi connectivity index (χ2n) is 6.30. The fourth-order valence-electron chi connectivity index (χ4n) is 2.94. The number of fused-ring (bicyclic) bond motifs is 1. The molecule has 24 heavy (non-hydrogen) atoms. The Morgan fingerprint density at radius 1 is 1.21 bits per heavy atom. The molecule has 0 radical (unpaired) electrons. The van der Waals surface area contributed by atoms with Crippen LogP contribution < -0.4 is 0 Å². The first-order valence-electron chi connectivity index (χ1n) is 7.91. The van der Waals surface area contributed by atoms with E-state index in [0.717, 1.165) is 39.0 Å². The fraction of sp³-hybridized carbons (Fsp3) is 0.316. The molecule has 0 spiro atoms. The first kappa shape index (κ1) is 16.2. The Bertz CT molecular complexity index is 908. The first-order chi connectivity index (χ1) is 11.4. The van der Waals surface area contributed by atoms with Crippen molar-refractivity contribution in [3.8, 4) is 0 Å². The first-order valence-corrected chi connectivity index (χ1v) is 7.91. The maximum Gasteiger partial charge on any atom is 0.256 e. The Morgan fingerprint density at radius 3 is 2.62 bits per heavy atom. The third-order valence-corrected chi connectivity index (χ3v) is 4.36. The molecule has 5 heteroatoms. The lowest BCUT2D eigenvalue weighted by molar-refractivity contribution is 0.0786. The van der Waals surface area contributed by atoms with E-state index in [1.807, 2.05) is 39.8 Å². The van der Waals surface area contributed by atoms with Gasteiger partial charge >= 0.3 is 0 Å². The van der Waals surface area contributed by atoms with E-state index in [1.165, 1.54) is 0 Å². The minimum Gasteiger partial charge on any atom is -0.361 e. The smallest absolute Gasteiger partial charge is 0.256 e. The number of rotatable bonds is 3. The summed E-state index contributed by atoms with van der Waals surface area (Å²) in [4.78, 5) is 19.1. The van der Waals surface area contributed by atoms with Gasteiger partial charge in [-0.2, -0.15) is 0 Å². The number of carbonyl (C=O) groups excluding carboxylic acids is 1. The number of hydrogen-bond donors (Lipinski definition) is 0. The number of carbonyl (C=O) groups is 1. The summed E-state index contributed by atoms with van der Waals surface area (Å²) in [6.07, 6.45) is 1.75. The van der Waals surface area contributed by atoms with E-state index in [0.29, 0.717) is 12.1 Å². The maximum absolute atomic E-state index is 13.0. The van der Waals surface area contributed by atoms with Crippen LogP contribution in [0.4, 0.5) is 0 Å². The molecule has 0 N–H and O–H groups in total. The number of hydrogen-bond acceptors (Lipinski definition) is 4. The number of benzene rings is 1. The molecule has 2 heterocycles. The Labute approximate surface area is 141 Å². The Kier molecular flexibility index (Phi) is 4.09. The third kappa shape index (κ3) is 2.77. The van der Waals surface area contributed by atoms with Gasteiger partial charge in [0.05, 0.1) is 23.3 Å². The highest BCUT2D eigenvalue weighted by molar-refractivity contribution is 6.06. The third-order valence-electron chi connectivity index (χ3n) is 4.36. The largest absolute Gasteiger partial charge is 0.361 e. The van der Waals surface area contributed by atoms with E-state index in [4.69, 9.17) is 4.52 Å². The predicted molar refractivity (Wildman–Crippen MR) is 93.0 cm³/mol. The molecule has 0 bridgehead atoms. The summed E-state index contributed by atoms with van der Waals surface area (Å²) in [5, 5.41) is 4.97. The molecule has 3 aromatic rings. The lowest BCUT2D eigenvalue weighted by atomic mass is 10.0. The van der Waals surface area contributed by atoms with E-state index in [2.05, 4.69) is 16.2 Å². The summed E-state index contributed by atoms with van der Waals surface area (Å²) < 4.78 is 5.19. The molecule has 0 unspecified atom stereocenters. The van der Waals surface area contributed by atoms with Crippen molar-refractivity contribution in [2.45, 2.75) is 34.2 Å². The highest BCUT2D eigenvalue weighted by Crippen LogP contribution is 2.24. The van der Waals surface area contributed by atoms with Crippen molar-refractivity contribution in [2.24, 2.45) is 0 Å². The van der Waals surface area contributed by atoms with Crippen molar-refractivity contribution in [2.75, 3.05) is 7.05 Å². The highest BCUT2D eigenvalue weighted by Gasteiger charge is 2.20. The zero-order valence-corrected chi connectivity index (χ0v) is 14.7. The van der Waals surface area contributed by atoms with Crippen LogP contribution in [0.3, 0.4) is 0 Å². The average Bonchev–Trinajstić information content (AvgIpc) is 2.86. The van der Waals surface area contributed by atoms with Gasteiger partial charge in [-0.15, -0.1) is 0 Å². The average molecular weight is 323 g/mol. The van der Waals surface area contributed by atoms with Crippen molar-refractivity contribution in [1.82, 2.24) is 15.0 Å². The molecule has 2 aromatic heterocycles. The summed E-state index contributed by atoms with van der Waals surface area (Å²) in [5.74, 6) is 0.692. The molecule has 3 rings (SSSR count). The van der Waals surface area contributed by atoms with Crippen molar-refractivity contribution < 1.29 is 9.32 Å². The van der Waals surface area contributed by atoms with Crippen molar-refractivity contribution in [1.29, 1.82) is 0 Å². The van der Waals surface area contributed by atoms with Crippen LogP contribution in [-0.2, 0) is 6.54 Å². The summed E-state index contributed by atoms with van der Waals surface area (Å²) in [6.45, 7) is 8.24. The van der Waals surface area contributed by atoms with Crippen LogP contribution in [0.5, 0.6) is 0 Å². The van der Waals surface area contributed by atoms with Gasteiger partial charge in [-0.05, 0) is 57.0 Å². The van der Waals surface area contributed by atoms with Crippen molar-refractivity contribution in [3.63, 3.8) is 0 Å². The van der Waals surface area contributed by atoms with Crippen molar-refractivity contribution in [3.05, 3.63) is 58.1 Å². The minimum absolute atomic E-state index is 0.0539. The van der Waals surface area contributed by atoms with E-state index >= 15 is 0 Å². The van der Waals surface area contributed by atoms with Gasteiger partial charge in [-0.1, -0.05) is 5.16 Å². The second-order valence-corrected chi connectivity index (χ2v) is 6.30. The minimum atomic E-state index is -0.0539. The van der Waals surface area contributed by atoms with Gasteiger partial charge in [0.1, 0.15) is 5.76 Å². The molecule has 0 fully saturated rings. The maximum atomic E-state index is 13.0. The van der Waals surface area contributed by atoms with Crippen LogP contribution in [0.15, 0.2) is 28.9 Å². The Morgan fingerprint density at radius 2 is 1.96 bits per heavy atom. The van der Waals surface area contributed by atoms with E-state index < -0.39 is 0 Å². The molecule has 1 amide bonds. The molecule has 124 valence electrons. The Hall–Kier alpha value is -2.69. The number of nitrogens with zero attached hydrogens (tertiary/aromatic N) is 3. The zero-order valence-electron chi connectivity index (χ0n) is 14.7. The predicted octanol–water partition coefficient (Wildman–Crippen LogP) is 3.73. The summed E-state index contributed by atoms with van der Waals surface area (Å²) in [7, 11) is 1.79. The Balaban J connectivity index is 2.01. The van der Waals surface area contributed by atoms with Gasteiger partial charge in [-0.25, -0.2) is 0 Å². The lowest BCUT2D eigenvalue weighted by Gasteiger charge is -2.18. The normalized spacial score (nSPS) is 11.0. The van der Waals surface area contributed by atoms with Gasteiger partial charge in [-0.3, -0.25) is 9.78 Å². The fourth-order valence-corrected chi connectivity index (χ4v) is 2.94. The van der Waals surface area contributed by atoms with Gasteiger partial charge in [0, 0.05) is 24.2 Å². The molecule has 0 saturated carbocycles. The molecule has 0 aliphatic heterocycles. The molecular weight excluding hydrogens is 302 g/mol. The second kappa shape index (κ2) is 6.07. The number of pyridine rings is 1. The van der Waals surface area contributed by atoms with Crippen LogP contribution in [0.1, 0.15) is 38.5 Å². The molecule has 0 aliphatic rings. The van der Waals surface area contributed by atoms with Gasteiger partial charge < -0.3 is 9.42 Å². The summed E-state index contributed by atoms with van der Waals surface area (Å²) >= 11 is 0. The van der Waals surface area contributed by atoms with E-state index in [1.54, 1.807) is 18.1 Å². The number of amides is 1. The van der Waals surface area contributed by atoms with Gasteiger partial charge in [0.25, 0.3) is 5.91 Å². The van der Waals surface area contributed by atoms with Crippen LogP contribution in [0.25, 0.3) is 10.9 Å². The van der Waals surface area contributed by atoms with Crippen LogP contribution in [0.2, 0.25) is 0 Å². The van der Waals surface area contributed by atoms with E-state index in [-0.39, 0.29) is 5.91 Å². The van der Waals surface area contributed by atoms with Gasteiger partial charge in [0.15, 0.2) is 0 Å². The molecule has 1 aromatic carbocycles. The van der Waals surface area contributed by atoms with Gasteiger partial charge in [0.2, 0.25) is 0 Å². The quantitative estimate of drug-likeness (QED) is 0.737. The zero-order chi connectivity index (χ0) is 17.4. The molecule has 0 aliphatic carbocycles. The van der Waals surface area contributed by atoms with Crippen LogP contribution >= 0.6 is 0 Å². The number of aryl methyl sites for hydroxylation is 4. The summed E-state index contributed by atoms with van der Waals surface area (Å²) in [5.41, 5.74) is 5.31. The topological polar surface area (TPSA) is 59.2 Å². The van der Waals surface area contributed by atoms with Crippen LogP contribution in [0, 0.1) is 27.7 Å². The highest BCUT2D eigenvalue weighted by atomic mass is 16.5. The summed E-state index contributed by atoms with van der Waals surface area (Å²) in [6, 6.07) is 5.94.